The molecular weight excluding hydrogens is 212 g/mol. The minimum atomic E-state index is 0.769. The van der Waals surface area contributed by atoms with Gasteiger partial charge in [0, 0.05) is 25.8 Å². The molecule has 0 aliphatic carbocycles. The monoisotopic (exact) mass is 234 g/mol. The van der Waals surface area contributed by atoms with Gasteiger partial charge in [0.1, 0.15) is 5.82 Å². The molecule has 1 saturated heterocycles. The van der Waals surface area contributed by atoms with Gasteiger partial charge in [-0.15, -0.1) is 0 Å². The molecule has 0 radical (unpaired) electrons. The minimum Gasteiger partial charge on any atom is -0.356 e. The van der Waals surface area contributed by atoms with Gasteiger partial charge in [-0.1, -0.05) is 19.8 Å². The van der Waals surface area contributed by atoms with Crippen molar-refractivity contribution in [1.29, 1.82) is 0 Å². The number of unbranched alkanes of at least 4 members (excludes halogenated alkanes) is 2. The van der Waals surface area contributed by atoms with Crippen molar-refractivity contribution in [2.24, 2.45) is 0 Å². The molecule has 1 aliphatic heterocycles. The Morgan fingerprint density at radius 2 is 2.12 bits per heavy atom. The van der Waals surface area contributed by atoms with Crippen molar-refractivity contribution in [2.75, 3.05) is 29.9 Å². The van der Waals surface area contributed by atoms with E-state index in [-0.39, 0.29) is 0 Å². The van der Waals surface area contributed by atoms with Gasteiger partial charge in [0.15, 0.2) is 0 Å². The van der Waals surface area contributed by atoms with E-state index in [0.29, 0.717) is 0 Å². The molecule has 1 N–H and O–H groups in total. The largest absolute Gasteiger partial charge is 0.356 e. The van der Waals surface area contributed by atoms with Crippen molar-refractivity contribution in [3.63, 3.8) is 0 Å². The molecular formula is C13H22N4. The van der Waals surface area contributed by atoms with E-state index in [0.717, 1.165) is 31.4 Å². The standard InChI is InChI=1S/C13H22N4/c1-2-3-4-8-14-13-15-9-7-12(16-13)17-10-5-6-11-17/h7,9H,2-6,8,10-11H2,1H3,(H,14,15,16). The van der Waals surface area contributed by atoms with Crippen molar-refractivity contribution < 1.29 is 0 Å². The van der Waals surface area contributed by atoms with Gasteiger partial charge in [-0.25, -0.2) is 4.98 Å². The van der Waals surface area contributed by atoms with Gasteiger partial charge in [-0.2, -0.15) is 4.98 Å². The predicted molar refractivity (Wildman–Crippen MR) is 71.5 cm³/mol. The van der Waals surface area contributed by atoms with Crippen molar-refractivity contribution in [3.8, 4) is 0 Å². The molecule has 2 heterocycles. The third-order valence-electron chi connectivity index (χ3n) is 3.13. The first-order chi connectivity index (χ1) is 8.40. The van der Waals surface area contributed by atoms with Crippen LogP contribution in [0.1, 0.15) is 39.0 Å². The number of rotatable bonds is 6. The molecule has 0 bridgehead atoms. The lowest BCUT2D eigenvalue weighted by molar-refractivity contribution is 0.740. The molecule has 1 aromatic rings. The fourth-order valence-corrected chi connectivity index (χ4v) is 2.13. The van der Waals surface area contributed by atoms with E-state index in [1.54, 1.807) is 0 Å². The number of hydrogen-bond acceptors (Lipinski definition) is 4. The molecule has 1 aliphatic rings. The summed E-state index contributed by atoms with van der Waals surface area (Å²) in [5.41, 5.74) is 0. The van der Waals surface area contributed by atoms with E-state index in [9.17, 15) is 0 Å². The smallest absolute Gasteiger partial charge is 0.224 e. The predicted octanol–water partition coefficient (Wildman–Crippen LogP) is 2.68. The Balaban J connectivity index is 1.87. The molecule has 0 unspecified atom stereocenters. The highest BCUT2D eigenvalue weighted by Gasteiger charge is 2.13. The molecule has 2 rings (SSSR count). The highest BCUT2D eigenvalue weighted by atomic mass is 15.2. The van der Waals surface area contributed by atoms with Gasteiger partial charge in [-0.05, 0) is 25.3 Å². The maximum Gasteiger partial charge on any atom is 0.224 e. The lowest BCUT2D eigenvalue weighted by atomic mass is 10.2. The summed E-state index contributed by atoms with van der Waals surface area (Å²) in [6.45, 7) is 5.44. The summed E-state index contributed by atoms with van der Waals surface area (Å²) in [4.78, 5) is 11.1. The van der Waals surface area contributed by atoms with E-state index < -0.39 is 0 Å². The summed E-state index contributed by atoms with van der Waals surface area (Å²) in [5, 5.41) is 3.29. The van der Waals surface area contributed by atoms with Crippen LogP contribution in [0.15, 0.2) is 12.3 Å². The Labute approximate surface area is 103 Å². The van der Waals surface area contributed by atoms with Crippen LogP contribution in [0.2, 0.25) is 0 Å². The Bertz CT molecular complexity index is 334. The van der Waals surface area contributed by atoms with Crippen LogP contribution in [0.25, 0.3) is 0 Å². The quantitative estimate of drug-likeness (QED) is 0.768. The van der Waals surface area contributed by atoms with Crippen LogP contribution in [0.3, 0.4) is 0 Å². The van der Waals surface area contributed by atoms with Crippen molar-refractivity contribution in [3.05, 3.63) is 12.3 Å². The zero-order valence-corrected chi connectivity index (χ0v) is 10.7. The fourth-order valence-electron chi connectivity index (χ4n) is 2.13. The lowest BCUT2D eigenvalue weighted by Crippen LogP contribution is -2.19. The van der Waals surface area contributed by atoms with Crippen molar-refractivity contribution in [1.82, 2.24) is 9.97 Å². The molecule has 0 aromatic carbocycles. The summed E-state index contributed by atoms with van der Waals surface area (Å²) < 4.78 is 0. The van der Waals surface area contributed by atoms with E-state index in [2.05, 4.69) is 27.1 Å². The van der Waals surface area contributed by atoms with Crippen LogP contribution in [0.4, 0.5) is 11.8 Å². The SMILES string of the molecule is CCCCCNc1nccc(N2CCCC2)n1. The van der Waals surface area contributed by atoms with Gasteiger partial charge in [0.2, 0.25) is 5.95 Å². The third-order valence-corrected chi connectivity index (χ3v) is 3.13. The number of nitrogens with zero attached hydrogens (tertiary/aromatic N) is 3. The second-order valence-corrected chi connectivity index (χ2v) is 4.57. The van der Waals surface area contributed by atoms with Gasteiger partial charge >= 0.3 is 0 Å². The average Bonchev–Trinajstić information content (AvgIpc) is 2.89. The zero-order chi connectivity index (χ0) is 11.9. The molecule has 94 valence electrons. The summed E-state index contributed by atoms with van der Waals surface area (Å²) >= 11 is 0. The Hall–Kier alpha value is -1.32. The molecule has 17 heavy (non-hydrogen) atoms. The molecule has 0 spiro atoms. The van der Waals surface area contributed by atoms with Gasteiger partial charge in [0.25, 0.3) is 0 Å². The minimum absolute atomic E-state index is 0.769. The Kier molecular flexibility index (Phi) is 4.59. The van der Waals surface area contributed by atoms with Crippen LogP contribution in [-0.2, 0) is 0 Å². The first-order valence-corrected chi connectivity index (χ1v) is 6.72. The number of aromatic nitrogens is 2. The van der Waals surface area contributed by atoms with Crippen LogP contribution in [0, 0.1) is 0 Å². The molecule has 0 amide bonds. The molecule has 1 aromatic heterocycles. The van der Waals surface area contributed by atoms with E-state index in [4.69, 9.17) is 0 Å². The third kappa shape index (κ3) is 3.58. The van der Waals surface area contributed by atoms with Crippen LogP contribution >= 0.6 is 0 Å². The maximum absolute atomic E-state index is 4.56. The van der Waals surface area contributed by atoms with Crippen LogP contribution in [-0.4, -0.2) is 29.6 Å². The number of hydrogen-bond donors (Lipinski definition) is 1. The van der Waals surface area contributed by atoms with E-state index >= 15 is 0 Å². The van der Waals surface area contributed by atoms with Crippen LogP contribution in [0.5, 0.6) is 0 Å². The first-order valence-electron chi connectivity index (χ1n) is 6.72. The van der Waals surface area contributed by atoms with E-state index in [1.807, 2.05) is 12.3 Å². The highest BCUT2D eigenvalue weighted by Crippen LogP contribution is 2.17. The Morgan fingerprint density at radius 1 is 1.29 bits per heavy atom. The average molecular weight is 234 g/mol. The lowest BCUT2D eigenvalue weighted by Gasteiger charge is -2.16. The van der Waals surface area contributed by atoms with Crippen LogP contribution < -0.4 is 10.2 Å². The summed E-state index contributed by atoms with van der Waals surface area (Å²) in [6, 6.07) is 2.00. The molecule has 0 atom stereocenters. The van der Waals surface area contributed by atoms with Gasteiger partial charge in [-0.3, -0.25) is 0 Å². The first kappa shape index (κ1) is 12.1. The topological polar surface area (TPSA) is 41.1 Å². The van der Waals surface area contributed by atoms with Gasteiger partial charge in [0.05, 0.1) is 0 Å². The second kappa shape index (κ2) is 6.42. The second-order valence-electron chi connectivity index (χ2n) is 4.57. The number of anilines is 2. The van der Waals surface area contributed by atoms with Crippen molar-refractivity contribution in [2.45, 2.75) is 39.0 Å². The summed E-state index contributed by atoms with van der Waals surface area (Å²) in [7, 11) is 0. The van der Waals surface area contributed by atoms with Gasteiger partial charge < -0.3 is 10.2 Å². The van der Waals surface area contributed by atoms with E-state index in [1.165, 1.54) is 32.1 Å². The molecule has 0 saturated carbocycles. The Morgan fingerprint density at radius 3 is 2.88 bits per heavy atom. The van der Waals surface area contributed by atoms with Crippen molar-refractivity contribution >= 4 is 11.8 Å². The summed E-state index contributed by atoms with van der Waals surface area (Å²) in [6.07, 6.45) is 8.11. The highest BCUT2D eigenvalue weighted by molar-refractivity contribution is 5.43. The maximum atomic E-state index is 4.56. The molecule has 4 heteroatoms. The zero-order valence-electron chi connectivity index (χ0n) is 10.7. The normalized spacial score (nSPS) is 15.2. The molecule has 1 fully saturated rings. The summed E-state index contributed by atoms with van der Waals surface area (Å²) in [5.74, 6) is 1.83. The molecule has 4 nitrogen and oxygen atoms in total. The number of nitrogens with one attached hydrogen (secondary N) is 1. The fraction of sp³-hybridized carbons (Fsp3) is 0.692.